The Morgan fingerprint density at radius 2 is 1.80 bits per heavy atom. The van der Waals surface area contributed by atoms with Gasteiger partial charge in [0.05, 0.1) is 0 Å². The highest BCUT2D eigenvalue weighted by molar-refractivity contribution is 8.79. The van der Waals surface area contributed by atoms with Crippen molar-refractivity contribution >= 4 is 41.0 Å². The van der Waals surface area contributed by atoms with Crippen LogP contribution in [0.25, 0.3) is 0 Å². The van der Waals surface area contributed by atoms with E-state index in [0.717, 1.165) is 0 Å². The first-order valence-electron chi connectivity index (χ1n) is 0.730. The van der Waals surface area contributed by atoms with E-state index in [4.69, 9.17) is 0 Å². The van der Waals surface area contributed by atoms with Crippen LogP contribution in [0, 0.1) is 0 Å². The van der Waals surface area contributed by atoms with E-state index in [1.165, 1.54) is 0 Å². The molecule has 0 rings (SSSR count). The van der Waals surface area contributed by atoms with Crippen molar-refractivity contribution in [1.29, 1.82) is 0 Å². The van der Waals surface area contributed by atoms with Crippen molar-refractivity contribution in [3.8, 4) is 0 Å². The van der Waals surface area contributed by atoms with E-state index in [-0.39, 0.29) is 4.28 Å². The van der Waals surface area contributed by atoms with Crippen LogP contribution in [-0.4, -0.2) is 0 Å². The summed E-state index contributed by atoms with van der Waals surface area (Å²) in [5.74, 6) is 0. The molecule has 0 aliphatic rings. The molecule has 0 saturated carbocycles. The normalized spacial score (nSPS) is 11.8. The van der Waals surface area contributed by atoms with Crippen LogP contribution >= 0.6 is 4.67 Å². The second-order valence-corrected chi connectivity index (χ2v) is 8.05. The van der Waals surface area contributed by atoms with E-state index in [2.05, 4.69) is 36.3 Å². The average molecular weight is 146 g/mol. The summed E-state index contributed by atoms with van der Waals surface area (Å²) in [7, 11) is 0. The fraction of sp³-hybridized carbons (Fsp3) is 0. The van der Waals surface area contributed by atoms with Crippen molar-refractivity contribution in [2.45, 2.75) is 0 Å². The number of hydrogen-bond donors (Lipinski definition) is 0. The molecule has 0 aliphatic carbocycles. The lowest BCUT2D eigenvalue weighted by Gasteiger charge is -2.45. The Balaban J connectivity index is -0.0000000267. The molecule has 0 aliphatic heterocycles. The molecule has 0 aromatic heterocycles. The van der Waals surface area contributed by atoms with Gasteiger partial charge in [-0.25, -0.2) is 0 Å². The molecule has 0 amide bonds. The lowest BCUT2D eigenvalue weighted by molar-refractivity contribution is -0.148. The summed E-state index contributed by atoms with van der Waals surface area (Å²) in [6, 6.07) is 0. The SMILES string of the molecule is [H+].[H+].[H+].[O-]P(=S)([S-])[S-]. The first-order chi connectivity index (χ1) is 2.00. The van der Waals surface area contributed by atoms with Gasteiger partial charge in [-0.05, 0) is 0 Å². The quantitative estimate of drug-likeness (QED) is 0.354. The first-order valence-corrected chi connectivity index (χ1v) is 5.48. The fourth-order valence-electron chi connectivity index (χ4n) is 0. The molecule has 5 heteroatoms. The third-order valence-corrected chi connectivity index (χ3v) is 0. The van der Waals surface area contributed by atoms with Crippen LogP contribution in [0.4, 0.5) is 0 Å². The van der Waals surface area contributed by atoms with Crippen molar-refractivity contribution in [3.05, 3.63) is 0 Å². The molecule has 0 aromatic carbocycles. The molecule has 0 atom stereocenters. The lowest BCUT2D eigenvalue weighted by atomic mass is 15.9. The van der Waals surface area contributed by atoms with Crippen molar-refractivity contribution < 1.29 is 9.17 Å². The summed E-state index contributed by atoms with van der Waals surface area (Å²) in [4.78, 5) is 9.66. The molecule has 0 heterocycles. The largest absolute Gasteiger partial charge is 1.00 e. The topological polar surface area (TPSA) is 23.1 Å². The predicted molar refractivity (Wildman–Crippen MR) is 32.4 cm³/mol. The van der Waals surface area contributed by atoms with Crippen LogP contribution in [0.3, 0.4) is 0 Å². The van der Waals surface area contributed by atoms with E-state index in [1.807, 2.05) is 0 Å². The highest BCUT2D eigenvalue weighted by atomic mass is 33.2. The van der Waals surface area contributed by atoms with Crippen LogP contribution in [0.2, 0.25) is 0 Å². The molecule has 0 spiro atoms. The zero-order valence-corrected chi connectivity index (χ0v) is 5.42. The summed E-state index contributed by atoms with van der Waals surface area (Å²) in [5, 5.41) is 0. The van der Waals surface area contributed by atoms with Gasteiger partial charge in [-0.15, -0.1) is 0 Å². The molecular formula is H3OPS3. The minimum Gasteiger partial charge on any atom is -0.856 e. The van der Waals surface area contributed by atoms with Gasteiger partial charge >= 0.3 is 4.28 Å². The fourth-order valence-corrected chi connectivity index (χ4v) is 0. The Morgan fingerprint density at radius 1 is 1.80 bits per heavy atom. The second-order valence-electron chi connectivity index (χ2n) is 0.447. The maximum atomic E-state index is 9.66. The van der Waals surface area contributed by atoms with Gasteiger partial charge < -0.3 is 34.1 Å². The average Bonchev–Trinajstić information content (AvgIpc) is 0.722. The molecule has 0 saturated heterocycles. The van der Waals surface area contributed by atoms with Crippen LogP contribution in [-0.2, 0) is 36.3 Å². The van der Waals surface area contributed by atoms with Gasteiger partial charge in [0, 0.05) is 0 Å². The van der Waals surface area contributed by atoms with Gasteiger partial charge in [-0.2, -0.15) is 11.8 Å². The maximum Gasteiger partial charge on any atom is 1.00 e. The minimum absolute atomic E-state index is 0. The minimum atomic E-state index is -2.89. The van der Waals surface area contributed by atoms with Gasteiger partial charge in [-0.3, -0.25) is 0 Å². The Bertz CT molecular complexity index is 60.7. The summed E-state index contributed by atoms with van der Waals surface area (Å²) in [6.45, 7) is 0. The summed E-state index contributed by atoms with van der Waals surface area (Å²) in [6.07, 6.45) is 0. The Labute approximate surface area is 50.6 Å². The summed E-state index contributed by atoms with van der Waals surface area (Å²) in [5.41, 5.74) is 0. The Hall–Kier alpha value is 1.31. The highest BCUT2D eigenvalue weighted by Crippen LogP contribution is 2.26. The first kappa shape index (κ1) is 6.31. The lowest BCUT2D eigenvalue weighted by Crippen LogP contribution is -1.89. The predicted octanol–water partition coefficient (Wildman–Crippen LogP) is 0.00250. The van der Waals surface area contributed by atoms with Gasteiger partial charge in [-0.1, -0.05) is 0 Å². The zero-order chi connectivity index (χ0) is 4.50. The number of rotatable bonds is 0. The molecular weight excluding hydrogens is 143 g/mol. The molecule has 0 aromatic rings. The molecule has 0 N–H and O–H groups in total. The van der Waals surface area contributed by atoms with Crippen LogP contribution < -0.4 is 4.89 Å². The monoisotopic (exact) mass is 146 g/mol. The van der Waals surface area contributed by atoms with E-state index in [1.54, 1.807) is 0 Å². The highest BCUT2D eigenvalue weighted by Gasteiger charge is 1.33. The van der Waals surface area contributed by atoms with E-state index in [0.29, 0.717) is 0 Å². The van der Waals surface area contributed by atoms with Crippen LogP contribution in [0.1, 0.15) is 4.28 Å². The van der Waals surface area contributed by atoms with Gasteiger partial charge in [0.25, 0.3) is 0 Å². The van der Waals surface area contributed by atoms with Crippen molar-refractivity contribution in [3.63, 3.8) is 0 Å². The second kappa shape index (κ2) is 1.85. The standard InChI is InChI=1S/H3OPS3/c1-2(3,4)5/h(H3,1,3,4,5). The molecule has 5 heavy (non-hydrogen) atoms. The van der Waals surface area contributed by atoms with Gasteiger partial charge in [0.1, 0.15) is 0 Å². The molecule has 32 valence electrons. The number of hydrogen-bond acceptors (Lipinski definition) is 4. The molecule has 0 radical (unpaired) electrons. The van der Waals surface area contributed by atoms with E-state index in [9.17, 15) is 4.89 Å². The van der Waals surface area contributed by atoms with Crippen LogP contribution in [0.15, 0.2) is 0 Å². The van der Waals surface area contributed by atoms with Gasteiger partial charge in [0.2, 0.25) is 0 Å². The third-order valence-electron chi connectivity index (χ3n) is 0. The summed E-state index contributed by atoms with van der Waals surface area (Å²) >= 11 is 12.0. The van der Waals surface area contributed by atoms with Gasteiger partial charge in [0.15, 0.2) is 0 Å². The third kappa shape index (κ3) is 33.9. The molecule has 0 bridgehead atoms. The maximum absolute atomic E-state index is 9.66. The van der Waals surface area contributed by atoms with Crippen LogP contribution in [0.5, 0.6) is 0 Å². The Morgan fingerprint density at radius 3 is 1.80 bits per heavy atom. The Kier molecular flexibility index (Phi) is 2.33. The molecule has 1 nitrogen and oxygen atoms in total. The molecule has 0 unspecified atom stereocenters. The van der Waals surface area contributed by atoms with Crippen molar-refractivity contribution in [2.24, 2.45) is 0 Å². The van der Waals surface area contributed by atoms with Crippen molar-refractivity contribution in [2.75, 3.05) is 0 Å². The van der Waals surface area contributed by atoms with E-state index < -0.39 is 4.67 Å². The van der Waals surface area contributed by atoms with E-state index >= 15 is 0 Å². The zero-order valence-electron chi connectivity index (χ0n) is 5.08. The summed E-state index contributed by atoms with van der Waals surface area (Å²) < 4.78 is -2.89. The molecule has 0 fully saturated rings. The smallest absolute Gasteiger partial charge is 0.856 e. The van der Waals surface area contributed by atoms with Crippen molar-refractivity contribution in [1.82, 2.24) is 0 Å².